The Hall–Kier alpha value is -1.36. The summed E-state index contributed by atoms with van der Waals surface area (Å²) in [5.41, 5.74) is 5.95. The van der Waals surface area contributed by atoms with Gasteiger partial charge < -0.3 is 11.1 Å². The molecular weight excluding hydrogens is 244 g/mol. The predicted molar refractivity (Wildman–Crippen MR) is 77.1 cm³/mol. The topological polar surface area (TPSA) is 63.8 Å². The normalized spacial score (nSPS) is 18.3. The zero-order chi connectivity index (χ0) is 12.8. The zero-order valence-electron chi connectivity index (χ0n) is 10.8. The van der Waals surface area contributed by atoms with Gasteiger partial charge in [0.05, 0.1) is 5.39 Å². The monoisotopic (exact) mass is 262 g/mol. The molecule has 2 aromatic rings. The lowest BCUT2D eigenvalue weighted by atomic mass is 10.0. The van der Waals surface area contributed by atoms with Crippen LogP contribution in [0.2, 0.25) is 0 Å². The van der Waals surface area contributed by atoms with Crippen LogP contribution in [0, 0.1) is 6.92 Å². The summed E-state index contributed by atoms with van der Waals surface area (Å²) in [6.45, 7) is 4.35. The minimum Gasteiger partial charge on any atom is -0.368 e. The first-order valence-electron chi connectivity index (χ1n) is 6.38. The van der Waals surface area contributed by atoms with Gasteiger partial charge in [-0.2, -0.15) is 4.98 Å². The molecule has 0 radical (unpaired) electrons. The highest BCUT2D eigenvalue weighted by Crippen LogP contribution is 2.35. The molecule has 96 valence electrons. The lowest BCUT2D eigenvalue weighted by Gasteiger charge is -2.26. The molecule has 0 amide bonds. The molecule has 0 aliphatic heterocycles. The van der Waals surface area contributed by atoms with E-state index < -0.39 is 0 Å². The van der Waals surface area contributed by atoms with Gasteiger partial charge in [-0.25, -0.2) is 4.98 Å². The van der Waals surface area contributed by atoms with Crippen LogP contribution in [-0.4, -0.2) is 15.5 Å². The van der Waals surface area contributed by atoms with Gasteiger partial charge in [0.15, 0.2) is 0 Å². The van der Waals surface area contributed by atoms with Gasteiger partial charge in [-0.05, 0) is 32.8 Å². The SMILES string of the molecule is Cc1cc2c(NC3(C)CCCC3)nc(N)nc2s1. The molecule has 1 saturated carbocycles. The Morgan fingerprint density at radius 3 is 2.78 bits per heavy atom. The largest absolute Gasteiger partial charge is 0.368 e. The van der Waals surface area contributed by atoms with E-state index in [9.17, 15) is 0 Å². The van der Waals surface area contributed by atoms with Crippen molar-refractivity contribution in [3.05, 3.63) is 10.9 Å². The quantitative estimate of drug-likeness (QED) is 0.871. The van der Waals surface area contributed by atoms with E-state index in [1.165, 1.54) is 30.6 Å². The van der Waals surface area contributed by atoms with Crippen molar-refractivity contribution in [2.24, 2.45) is 0 Å². The first-order chi connectivity index (χ1) is 8.56. The van der Waals surface area contributed by atoms with Crippen LogP contribution in [0.1, 0.15) is 37.5 Å². The number of nitrogen functional groups attached to an aromatic ring is 1. The average molecular weight is 262 g/mol. The van der Waals surface area contributed by atoms with Crippen LogP contribution >= 0.6 is 11.3 Å². The number of fused-ring (bicyclic) bond motifs is 1. The maximum Gasteiger partial charge on any atom is 0.223 e. The van der Waals surface area contributed by atoms with Crippen molar-refractivity contribution in [2.45, 2.75) is 45.1 Å². The molecule has 1 aliphatic rings. The van der Waals surface area contributed by atoms with Crippen molar-refractivity contribution >= 4 is 33.3 Å². The van der Waals surface area contributed by atoms with Gasteiger partial charge in [-0.3, -0.25) is 0 Å². The zero-order valence-corrected chi connectivity index (χ0v) is 11.6. The highest BCUT2D eigenvalue weighted by Gasteiger charge is 2.29. The fraction of sp³-hybridized carbons (Fsp3) is 0.538. The molecule has 0 atom stereocenters. The number of aryl methyl sites for hydroxylation is 1. The van der Waals surface area contributed by atoms with E-state index in [1.54, 1.807) is 11.3 Å². The third-order valence-electron chi connectivity index (χ3n) is 3.66. The Bertz CT molecular complexity index is 584. The van der Waals surface area contributed by atoms with E-state index >= 15 is 0 Å². The van der Waals surface area contributed by atoms with Crippen LogP contribution in [-0.2, 0) is 0 Å². The summed E-state index contributed by atoms with van der Waals surface area (Å²) < 4.78 is 0. The first-order valence-corrected chi connectivity index (χ1v) is 7.19. The van der Waals surface area contributed by atoms with Crippen molar-refractivity contribution in [2.75, 3.05) is 11.1 Å². The van der Waals surface area contributed by atoms with Crippen molar-refractivity contribution in [3.8, 4) is 0 Å². The molecule has 4 nitrogen and oxygen atoms in total. The van der Waals surface area contributed by atoms with Crippen LogP contribution < -0.4 is 11.1 Å². The summed E-state index contributed by atoms with van der Waals surface area (Å²) in [5.74, 6) is 1.25. The van der Waals surface area contributed by atoms with Gasteiger partial charge in [-0.1, -0.05) is 12.8 Å². The molecule has 2 aromatic heterocycles. The van der Waals surface area contributed by atoms with Gasteiger partial charge in [0.2, 0.25) is 5.95 Å². The number of nitrogens with one attached hydrogen (secondary N) is 1. The number of thiophene rings is 1. The minimum absolute atomic E-state index is 0.156. The predicted octanol–water partition coefficient (Wildman–Crippen LogP) is 3.33. The average Bonchev–Trinajstić information content (AvgIpc) is 2.84. The summed E-state index contributed by atoms with van der Waals surface area (Å²) >= 11 is 1.67. The molecule has 0 bridgehead atoms. The van der Waals surface area contributed by atoms with Gasteiger partial charge in [0.25, 0.3) is 0 Å². The van der Waals surface area contributed by atoms with Crippen molar-refractivity contribution in [1.82, 2.24) is 9.97 Å². The second-order valence-corrected chi connectivity index (χ2v) is 6.63. The Kier molecular flexibility index (Phi) is 2.66. The number of hydrogen-bond acceptors (Lipinski definition) is 5. The summed E-state index contributed by atoms with van der Waals surface area (Å²) in [6, 6.07) is 2.14. The van der Waals surface area contributed by atoms with Crippen molar-refractivity contribution in [3.63, 3.8) is 0 Å². The maximum atomic E-state index is 5.80. The minimum atomic E-state index is 0.156. The van der Waals surface area contributed by atoms with Crippen molar-refractivity contribution in [1.29, 1.82) is 0 Å². The second-order valence-electron chi connectivity index (χ2n) is 5.40. The fourth-order valence-corrected chi connectivity index (χ4v) is 3.61. The molecule has 0 spiro atoms. The molecule has 0 saturated heterocycles. The Balaban J connectivity index is 2.04. The van der Waals surface area contributed by atoms with Gasteiger partial charge >= 0.3 is 0 Å². The number of hydrogen-bond donors (Lipinski definition) is 2. The van der Waals surface area contributed by atoms with Crippen molar-refractivity contribution < 1.29 is 0 Å². The van der Waals surface area contributed by atoms with E-state index in [-0.39, 0.29) is 5.54 Å². The number of anilines is 2. The fourth-order valence-electron chi connectivity index (χ4n) is 2.72. The Morgan fingerprint density at radius 1 is 1.33 bits per heavy atom. The number of nitrogens with zero attached hydrogens (tertiary/aromatic N) is 2. The second kappa shape index (κ2) is 4.09. The summed E-state index contributed by atoms with van der Waals surface area (Å²) in [6.07, 6.45) is 4.97. The maximum absolute atomic E-state index is 5.80. The first kappa shape index (κ1) is 11.7. The summed E-state index contributed by atoms with van der Waals surface area (Å²) in [7, 11) is 0. The van der Waals surface area contributed by atoms with E-state index in [1.807, 2.05) is 0 Å². The molecule has 18 heavy (non-hydrogen) atoms. The summed E-state index contributed by atoms with van der Waals surface area (Å²) in [5, 5.41) is 4.69. The highest BCUT2D eigenvalue weighted by molar-refractivity contribution is 7.18. The molecule has 0 aromatic carbocycles. The molecule has 1 fully saturated rings. The van der Waals surface area contributed by atoms with Crippen LogP contribution in [0.3, 0.4) is 0 Å². The van der Waals surface area contributed by atoms with E-state index in [0.717, 1.165) is 16.0 Å². The number of rotatable bonds is 2. The third kappa shape index (κ3) is 2.03. The molecule has 5 heteroatoms. The molecule has 2 heterocycles. The lowest BCUT2D eigenvalue weighted by Crippen LogP contribution is -2.31. The molecule has 3 rings (SSSR count). The molecule has 0 unspecified atom stereocenters. The summed E-state index contributed by atoms with van der Waals surface area (Å²) in [4.78, 5) is 10.9. The number of nitrogens with two attached hydrogens (primary N) is 1. The molecular formula is C13H18N4S. The highest BCUT2D eigenvalue weighted by atomic mass is 32.1. The van der Waals surface area contributed by atoms with Gasteiger partial charge in [0, 0.05) is 10.4 Å². The van der Waals surface area contributed by atoms with Crippen LogP contribution in [0.25, 0.3) is 10.2 Å². The van der Waals surface area contributed by atoms with E-state index in [4.69, 9.17) is 5.73 Å². The Morgan fingerprint density at radius 2 is 2.06 bits per heavy atom. The van der Waals surface area contributed by atoms with E-state index in [0.29, 0.717) is 5.95 Å². The third-order valence-corrected chi connectivity index (χ3v) is 4.60. The van der Waals surface area contributed by atoms with Crippen LogP contribution in [0.4, 0.5) is 11.8 Å². The van der Waals surface area contributed by atoms with Crippen LogP contribution in [0.5, 0.6) is 0 Å². The lowest BCUT2D eigenvalue weighted by molar-refractivity contribution is 0.532. The smallest absolute Gasteiger partial charge is 0.223 e. The van der Waals surface area contributed by atoms with Gasteiger partial charge in [-0.15, -0.1) is 11.3 Å². The van der Waals surface area contributed by atoms with Gasteiger partial charge in [0.1, 0.15) is 10.6 Å². The standard InChI is InChI=1S/C13H18N4S/c1-8-7-9-10(15-12(14)16-11(9)18-8)17-13(2)5-3-4-6-13/h7H,3-6H2,1-2H3,(H3,14,15,16,17). The number of aromatic nitrogens is 2. The van der Waals surface area contributed by atoms with E-state index in [2.05, 4.69) is 35.2 Å². The van der Waals surface area contributed by atoms with Crippen LogP contribution in [0.15, 0.2) is 6.07 Å². The molecule has 3 N–H and O–H groups in total. The Labute approximate surface area is 111 Å². The molecule has 1 aliphatic carbocycles.